The lowest BCUT2D eigenvalue weighted by atomic mass is 9.92. The number of ether oxygens (including phenoxy) is 1. The number of anilines is 1. The zero-order valence-electron chi connectivity index (χ0n) is 25.7. The van der Waals surface area contributed by atoms with Crippen molar-refractivity contribution in [3.05, 3.63) is 64.5 Å². The van der Waals surface area contributed by atoms with E-state index < -0.39 is 18.9 Å². The lowest BCUT2D eigenvalue weighted by Crippen LogP contribution is -2.50. The van der Waals surface area contributed by atoms with Crippen LogP contribution in [0.1, 0.15) is 65.6 Å². The molecule has 1 saturated carbocycles. The van der Waals surface area contributed by atoms with Gasteiger partial charge in [0.25, 0.3) is 0 Å². The van der Waals surface area contributed by atoms with Gasteiger partial charge < -0.3 is 18.7 Å². The summed E-state index contributed by atoms with van der Waals surface area (Å²) in [5, 5.41) is 4.09. The lowest BCUT2D eigenvalue weighted by Gasteiger charge is -2.41. The van der Waals surface area contributed by atoms with Crippen molar-refractivity contribution in [3.8, 4) is 11.1 Å². The number of amides is 2. The molecule has 8 nitrogen and oxygen atoms in total. The molecular formula is C30H33ClFN5O3. The van der Waals surface area contributed by atoms with Crippen LogP contribution in [-0.4, -0.2) is 52.4 Å². The van der Waals surface area contributed by atoms with E-state index in [9.17, 15) is 9.18 Å². The van der Waals surface area contributed by atoms with Gasteiger partial charge in [0.1, 0.15) is 17.4 Å². The Labute approximate surface area is 241 Å². The van der Waals surface area contributed by atoms with E-state index in [1.54, 1.807) is 22.9 Å². The Hall–Kier alpha value is -3.43. The normalized spacial score (nSPS) is 23.4. The van der Waals surface area contributed by atoms with E-state index in [1.807, 2.05) is 32.0 Å². The number of fused-ring (bicyclic) bond motifs is 1. The van der Waals surface area contributed by atoms with Crippen molar-refractivity contribution in [1.29, 1.82) is 0 Å². The zero-order chi connectivity index (χ0) is 30.6. The number of halogens is 2. The van der Waals surface area contributed by atoms with Crippen molar-refractivity contribution >= 4 is 34.4 Å². The standard InChI is InChI=1S/C30H33ClFN5O3/c1-17-28(18(2)40-34-17)19-5-12-26-25(15-19)33-29(36(26)20-6-9-22(39-4)10-7-20)27-13-14-35(3)30(38)37(27)21-8-11-23(31)24(32)16-21/h5,8,11-12,15-16,20,22,27H,6-7,9-10,13-14H2,1-4H3/t20?,22?,27-/m0/s1/i4D3. The second-order valence-corrected chi connectivity index (χ2v) is 11.2. The Morgan fingerprint density at radius 3 is 2.62 bits per heavy atom. The van der Waals surface area contributed by atoms with E-state index in [2.05, 4.69) is 9.72 Å². The van der Waals surface area contributed by atoms with Crippen LogP contribution in [0.2, 0.25) is 5.02 Å². The second-order valence-electron chi connectivity index (χ2n) is 10.8. The molecule has 2 fully saturated rings. The van der Waals surface area contributed by atoms with Crippen LogP contribution in [0, 0.1) is 19.7 Å². The Kier molecular flexibility index (Phi) is 6.13. The Bertz CT molecular complexity index is 1660. The number of hydrogen-bond donors (Lipinski definition) is 0. The molecule has 6 rings (SSSR count). The van der Waals surface area contributed by atoms with Gasteiger partial charge in [-0.3, -0.25) is 4.90 Å². The minimum Gasteiger partial charge on any atom is -0.381 e. The van der Waals surface area contributed by atoms with E-state index in [1.165, 1.54) is 12.1 Å². The second kappa shape index (κ2) is 10.5. The fourth-order valence-corrected chi connectivity index (χ4v) is 6.35. The lowest BCUT2D eigenvalue weighted by molar-refractivity contribution is 0.0583. The number of methoxy groups -OCH3 is 1. The molecule has 4 aromatic rings. The van der Waals surface area contributed by atoms with Gasteiger partial charge in [-0.25, -0.2) is 14.2 Å². The molecule has 3 heterocycles. The number of imidazole rings is 1. The molecule has 0 bridgehead atoms. The van der Waals surface area contributed by atoms with Gasteiger partial charge in [0.15, 0.2) is 0 Å². The molecule has 2 amide bonds. The van der Waals surface area contributed by atoms with Gasteiger partial charge in [-0.2, -0.15) is 0 Å². The van der Waals surface area contributed by atoms with Crippen molar-refractivity contribution in [3.63, 3.8) is 0 Å². The fraction of sp³-hybridized carbons (Fsp3) is 0.433. The van der Waals surface area contributed by atoms with E-state index >= 15 is 0 Å². The summed E-state index contributed by atoms with van der Waals surface area (Å²) < 4.78 is 50.2. The van der Waals surface area contributed by atoms with Gasteiger partial charge in [-0.05, 0) is 81.8 Å². The summed E-state index contributed by atoms with van der Waals surface area (Å²) in [4.78, 5) is 22.0. The van der Waals surface area contributed by atoms with E-state index in [4.69, 9.17) is 30.0 Å². The van der Waals surface area contributed by atoms with Gasteiger partial charge in [0, 0.05) is 37.9 Å². The zero-order valence-corrected chi connectivity index (χ0v) is 23.4. The summed E-state index contributed by atoms with van der Waals surface area (Å²) in [6, 6.07) is 9.71. The molecule has 0 N–H and O–H groups in total. The average molecular weight is 569 g/mol. The maximum absolute atomic E-state index is 14.7. The highest BCUT2D eigenvalue weighted by molar-refractivity contribution is 6.30. The Morgan fingerprint density at radius 2 is 1.93 bits per heavy atom. The van der Waals surface area contributed by atoms with Crippen molar-refractivity contribution in [2.75, 3.05) is 25.5 Å². The number of aryl methyl sites for hydroxylation is 2. The number of nitrogens with zero attached hydrogens (tertiary/aromatic N) is 5. The van der Waals surface area contributed by atoms with Gasteiger partial charge in [0.05, 0.1) is 38.0 Å². The minimum atomic E-state index is -2.44. The van der Waals surface area contributed by atoms with Gasteiger partial charge in [-0.15, -0.1) is 0 Å². The largest absolute Gasteiger partial charge is 0.381 e. The van der Waals surface area contributed by atoms with Gasteiger partial charge in [0.2, 0.25) is 0 Å². The molecular weight excluding hydrogens is 533 g/mol. The van der Waals surface area contributed by atoms with E-state index in [0.29, 0.717) is 55.9 Å². The predicted octanol–water partition coefficient (Wildman–Crippen LogP) is 7.23. The summed E-state index contributed by atoms with van der Waals surface area (Å²) in [6.45, 7) is 4.27. The first-order valence-electron chi connectivity index (χ1n) is 15.0. The molecule has 1 aliphatic carbocycles. The first-order valence-corrected chi connectivity index (χ1v) is 13.9. The first-order chi connectivity index (χ1) is 20.4. The van der Waals surface area contributed by atoms with Crippen molar-refractivity contribution < 1.29 is 22.6 Å². The Morgan fingerprint density at radius 1 is 1.12 bits per heavy atom. The van der Waals surface area contributed by atoms with Crippen molar-refractivity contribution in [1.82, 2.24) is 19.6 Å². The van der Waals surface area contributed by atoms with Crippen LogP contribution in [0.4, 0.5) is 14.9 Å². The number of rotatable bonds is 5. The van der Waals surface area contributed by atoms with Crippen molar-refractivity contribution in [2.45, 2.75) is 64.1 Å². The summed E-state index contributed by atoms with van der Waals surface area (Å²) in [7, 11) is -0.718. The highest BCUT2D eigenvalue weighted by atomic mass is 35.5. The molecule has 0 unspecified atom stereocenters. The number of urea groups is 1. The Balaban J connectivity index is 1.47. The molecule has 210 valence electrons. The van der Waals surface area contributed by atoms with Gasteiger partial charge >= 0.3 is 6.03 Å². The third-order valence-electron chi connectivity index (χ3n) is 8.28. The summed E-state index contributed by atoms with van der Waals surface area (Å²) >= 11 is 5.99. The first kappa shape index (κ1) is 23.3. The van der Waals surface area contributed by atoms with Crippen LogP contribution < -0.4 is 4.90 Å². The summed E-state index contributed by atoms with van der Waals surface area (Å²) in [5.41, 5.74) is 4.66. The van der Waals surface area contributed by atoms with Gasteiger partial charge in [-0.1, -0.05) is 22.8 Å². The molecule has 10 heteroatoms. The third-order valence-corrected chi connectivity index (χ3v) is 8.58. The van der Waals surface area contributed by atoms with Crippen LogP contribution in [-0.2, 0) is 4.74 Å². The van der Waals surface area contributed by atoms with Crippen LogP contribution in [0.5, 0.6) is 0 Å². The molecule has 2 aromatic carbocycles. The number of aromatic nitrogens is 3. The highest BCUT2D eigenvalue weighted by Gasteiger charge is 2.38. The van der Waals surface area contributed by atoms with E-state index in [-0.39, 0.29) is 23.2 Å². The third kappa shape index (κ3) is 4.55. The van der Waals surface area contributed by atoms with Crippen LogP contribution in [0.3, 0.4) is 0 Å². The highest BCUT2D eigenvalue weighted by Crippen LogP contribution is 2.41. The number of benzene rings is 2. The molecule has 0 radical (unpaired) electrons. The molecule has 2 aromatic heterocycles. The fourth-order valence-electron chi connectivity index (χ4n) is 6.24. The predicted molar refractivity (Wildman–Crippen MR) is 152 cm³/mol. The monoisotopic (exact) mass is 568 g/mol. The SMILES string of the molecule is [2H]C([2H])([2H])OC1CCC(n2c([C@@H]3CCN(C)C(=O)N3c3ccc(Cl)c(F)c3)nc3cc(-c4c(C)noc4C)ccc32)CC1. The van der Waals surface area contributed by atoms with E-state index in [0.717, 1.165) is 27.9 Å². The molecule has 2 aliphatic rings. The van der Waals surface area contributed by atoms with Crippen LogP contribution >= 0.6 is 11.6 Å². The number of carbonyl (C=O) groups is 1. The molecule has 1 atom stereocenters. The average Bonchev–Trinajstić information content (AvgIpc) is 3.50. The molecule has 40 heavy (non-hydrogen) atoms. The smallest absolute Gasteiger partial charge is 0.324 e. The quantitative estimate of drug-likeness (QED) is 0.254. The van der Waals surface area contributed by atoms with Crippen LogP contribution in [0.25, 0.3) is 22.2 Å². The van der Waals surface area contributed by atoms with Crippen molar-refractivity contribution in [2.24, 2.45) is 0 Å². The maximum Gasteiger partial charge on any atom is 0.324 e. The minimum absolute atomic E-state index is 0.0000673. The van der Waals surface area contributed by atoms with Crippen LogP contribution in [0.15, 0.2) is 40.9 Å². The molecule has 1 aliphatic heterocycles. The molecule has 1 saturated heterocycles. The summed E-state index contributed by atoms with van der Waals surface area (Å²) in [6.07, 6.45) is 2.74. The number of hydrogen-bond acceptors (Lipinski definition) is 5. The molecule has 0 spiro atoms. The summed E-state index contributed by atoms with van der Waals surface area (Å²) in [5.74, 6) is 0.799. The number of carbonyl (C=O) groups excluding carboxylic acids is 1. The topological polar surface area (TPSA) is 76.6 Å². The maximum atomic E-state index is 14.7.